The van der Waals surface area contributed by atoms with Crippen molar-refractivity contribution in [2.75, 3.05) is 19.4 Å². The van der Waals surface area contributed by atoms with E-state index in [-0.39, 0.29) is 18.2 Å². The minimum absolute atomic E-state index is 0.0748. The number of aryl methyl sites for hydroxylation is 1. The number of nitrogens with zero attached hydrogens (tertiary/aromatic N) is 5. The summed E-state index contributed by atoms with van der Waals surface area (Å²) in [6, 6.07) is 1.92. The van der Waals surface area contributed by atoms with Gasteiger partial charge in [-0.1, -0.05) is 0 Å². The highest BCUT2D eigenvalue weighted by Crippen LogP contribution is 2.37. The second-order valence-corrected chi connectivity index (χ2v) is 8.86. The highest BCUT2D eigenvalue weighted by molar-refractivity contribution is 5.99. The molecule has 0 radical (unpaired) electrons. The summed E-state index contributed by atoms with van der Waals surface area (Å²) in [7, 11) is 2.86. The number of hydrogen-bond acceptors (Lipinski definition) is 8. The molecule has 2 fully saturated rings. The van der Waals surface area contributed by atoms with Crippen molar-refractivity contribution in [3.8, 4) is 11.3 Å². The van der Waals surface area contributed by atoms with Crippen LogP contribution < -0.4 is 11.1 Å². The summed E-state index contributed by atoms with van der Waals surface area (Å²) in [6.07, 6.45) is 9.11. The van der Waals surface area contributed by atoms with Crippen molar-refractivity contribution >= 4 is 22.8 Å². The van der Waals surface area contributed by atoms with Gasteiger partial charge in [0.1, 0.15) is 30.1 Å². The van der Waals surface area contributed by atoms with Crippen LogP contribution in [-0.2, 0) is 16.6 Å². The number of carbonyl (C=O) groups is 1. The number of fused-ring (bicyclic) bond motifs is 1. The third-order valence-corrected chi connectivity index (χ3v) is 6.61. The lowest BCUT2D eigenvalue weighted by Crippen LogP contribution is -2.38. The lowest BCUT2D eigenvalue weighted by atomic mass is 9.87. The number of nitrogen functional groups attached to an aromatic ring is 1. The lowest BCUT2D eigenvalue weighted by molar-refractivity contribution is -0.134. The minimum Gasteiger partial charge on any atom is -0.400 e. The van der Waals surface area contributed by atoms with Gasteiger partial charge in [0.15, 0.2) is 0 Å². The Balaban J connectivity index is 0.00000133. The zero-order chi connectivity index (χ0) is 24.2. The Morgan fingerprint density at radius 2 is 1.97 bits per heavy atom. The van der Waals surface area contributed by atoms with Crippen molar-refractivity contribution in [2.24, 2.45) is 13.0 Å². The molecule has 11 nitrogen and oxygen atoms in total. The first-order chi connectivity index (χ1) is 16.5. The summed E-state index contributed by atoms with van der Waals surface area (Å²) in [6.45, 7) is 0.635. The van der Waals surface area contributed by atoms with Crippen LogP contribution in [0.1, 0.15) is 44.8 Å². The summed E-state index contributed by atoms with van der Waals surface area (Å²) in [5, 5.41) is 24.9. The van der Waals surface area contributed by atoms with Crippen molar-refractivity contribution < 1.29 is 19.7 Å². The van der Waals surface area contributed by atoms with Gasteiger partial charge < -0.3 is 30.6 Å². The molecule has 1 aliphatic carbocycles. The average molecular weight is 472 g/mol. The average Bonchev–Trinajstić information content (AvgIpc) is 3.58. The van der Waals surface area contributed by atoms with Crippen molar-refractivity contribution in [1.82, 2.24) is 29.6 Å². The zero-order valence-electron chi connectivity index (χ0n) is 19.6. The Bertz CT molecular complexity index is 1120. The van der Waals surface area contributed by atoms with Crippen molar-refractivity contribution in [3.05, 3.63) is 24.8 Å². The summed E-state index contributed by atoms with van der Waals surface area (Å²) < 4.78 is 9.82. The van der Waals surface area contributed by atoms with Crippen LogP contribution in [0, 0.1) is 5.92 Å². The second kappa shape index (κ2) is 10.5. The predicted molar refractivity (Wildman–Crippen MR) is 126 cm³/mol. The van der Waals surface area contributed by atoms with Crippen molar-refractivity contribution in [1.29, 1.82) is 0 Å². The first-order valence-electron chi connectivity index (χ1n) is 11.7. The molecule has 1 amide bonds. The van der Waals surface area contributed by atoms with Gasteiger partial charge in [-0.25, -0.2) is 9.97 Å². The number of hydrogen-bond donors (Lipinski definition) is 4. The van der Waals surface area contributed by atoms with Gasteiger partial charge in [0.2, 0.25) is 5.91 Å². The van der Waals surface area contributed by atoms with Gasteiger partial charge in [0.05, 0.1) is 17.2 Å². The molecule has 0 spiro atoms. The molecule has 4 heterocycles. The Morgan fingerprint density at radius 1 is 1.21 bits per heavy atom. The molecule has 0 aromatic carbocycles. The van der Waals surface area contributed by atoms with E-state index in [2.05, 4.69) is 20.4 Å². The number of amides is 1. The molecule has 5 rings (SSSR count). The molecule has 11 heteroatoms. The molecule has 1 aliphatic heterocycles. The van der Waals surface area contributed by atoms with Gasteiger partial charge in [-0.05, 0) is 50.5 Å². The molecule has 184 valence electrons. The smallest absolute Gasteiger partial charge is 0.249 e. The van der Waals surface area contributed by atoms with Crippen LogP contribution in [0.3, 0.4) is 0 Å². The number of carbonyl (C=O) groups excluding carboxylic acids is 1. The van der Waals surface area contributed by atoms with E-state index in [0.717, 1.165) is 49.4 Å². The molecule has 3 aromatic heterocycles. The fourth-order valence-corrected chi connectivity index (χ4v) is 4.81. The van der Waals surface area contributed by atoms with Crippen LogP contribution in [-0.4, -0.2) is 66.3 Å². The van der Waals surface area contributed by atoms with Crippen molar-refractivity contribution in [3.63, 3.8) is 0 Å². The van der Waals surface area contributed by atoms with Crippen molar-refractivity contribution in [2.45, 2.75) is 57.0 Å². The highest BCUT2D eigenvalue weighted by Gasteiger charge is 2.34. The number of aliphatic hydroxyl groups excluding tert-OH is 2. The summed E-state index contributed by atoms with van der Waals surface area (Å²) in [5.74, 6) is 0.738. The number of anilines is 1. The SMILES string of the molecule is CO.Cn1ccc(-c2cn(C3CCC(C(=O)NCC4CCC(O)CC4)O3)c3ncnc(N)c23)n1. The third-order valence-electron chi connectivity index (χ3n) is 6.61. The fourth-order valence-electron chi connectivity index (χ4n) is 4.81. The van der Waals surface area contributed by atoms with Crippen LogP contribution in [0.4, 0.5) is 5.82 Å². The van der Waals surface area contributed by atoms with Gasteiger partial charge in [0.25, 0.3) is 0 Å². The summed E-state index contributed by atoms with van der Waals surface area (Å²) in [4.78, 5) is 21.3. The molecule has 2 unspecified atom stereocenters. The maximum Gasteiger partial charge on any atom is 0.249 e. The summed E-state index contributed by atoms with van der Waals surface area (Å²) >= 11 is 0. The molecule has 2 aliphatic rings. The zero-order valence-corrected chi connectivity index (χ0v) is 19.6. The number of aromatic nitrogens is 5. The molecule has 34 heavy (non-hydrogen) atoms. The van der Waals surface area contributed by atoms with Crippen LogP contribution in [0.2, 0.25) is 0 Å². The first kappa shape index (κ1) is 24.1. The number of ether oxygens (including phenoxy) is 1. The number of nitrogens with two attached hydrogens (primary N) is 1. The molecule has 5 N–H and O–H groups in total. The number of nitrogens with one attached hydrogen (secondary N) is 1. The maximum absolute atomic E-state index is 12.7. The van der Waals surface area contributed by atoms with Gasteiger partial charge in [0, 0.05) is 38.7 Å². The van der Waals surface area contributed by atoms with Gasteiger partial charge >= 0.3 is 0 Å². The number of aliphatic hydroxyl groups is 2. The van der Waals surface area contributed by atoms with Crippen LogP contribution in [0.5, 0.6) is 0 Å². The quantitative estimate of drug-likeness (QED) is 0.435. The Hall–Kier alpha value is -3.02. The van der Waals surface area contributed by atoms with Crippen LogP contribution >= 0.6 is 0 Å². The van der Waals surface area contributed by atoms with Gasteiger partial charge in [-0.15, -0.1) is 0 Å². The molecule has 1 saturated heterocycles. The highest BCUT2D eigenvalue weighted by atomic mass is 16.5. The van der Waals surface area contributed by atoms with E-state index in [1.54, 1.807) is 4.68 Å². The molecule has 0 bridgehead atoms. The van der Waals surface area contributed by atoms with E-state index in [1.807, 2.05) is 30.1 Å². The second-order valence-electron chi connectivity index (χ2n) is 8.86. The minimum atomic E-state index is -0.496. The van der Waals surface area contributed by atoms with E-state index in [9.17, 15) is 9.90 Å². The van der Waals surface area contributed by atoms with E-state index in [1.165, 1.54) is 6.33 Å². The van der Waals surface area contributed by atoms with Crippen LogP contribution in [0.25, 0.3) is 22.3 Å². The van der Waals surface area contributed by atoms with E-state index < -0.39 is 6.10 Å². The van der Waals surface area contributed by atoms with E-state index in [4.69, 9.17) is 15.6 Å². The summed E-state index contributed by atoms with van der Waals surface area (Å²) in [5.41, 5.74) is 8.48. The normalized spacial score (nSPS) is 24.6. The monoisotopic (exact) mass is 471 g/mol. The standard InChI is InChI=1S/C22H29N7O3.CH4O/c1-28-9-8-16(27-28)15-11-29(21-19(15)20(23)25-12-26-21)18-7-6-17(32-18)22(31)24-10-13-2-4-14(30)5-3-13;1-2/h8-9,11-14,17-18,30H,2-7,10H2,1H3,(H,24,31)(H2,23,25,26);2H,1H3. The Kier molecular flexibility index (Phi) is 7.44. The topological polar surface area (TPSA) is 153 Å². The van der Waals surface area contributed by atoms with E-state index in [0.29, 0.717) is 36.8 Å². The largest absolute Gasteiger partial charge is 0.400 e. The molecule has 2 atom stereocenters. The Labute approximate surface area is 197 Å². The Morgan fingerprint density at radius 3 is 2.68 bits per heavy atom. The fraction of sp³-hybridized carbons (Fsp3) is 0.565. The molecular weight excluding hydrogens is 438 g/mol. The molecular formula is C23H33N7O4. The van der Waals surface area contributed by atoms with Crippen LogP contribution in [0.15, 0.2) is 24.8 Å². The third kappa shape index (κ3) is 4.91. The molecule has 3 aromatic rings. The molecule has 1 saturated carbocycles. The number of rotatable bonds is 5. The predicted octanol–water partition coefficient (Wildman–Crippen LogP) is 1.37. The first-order valence-corrected chi connectivity index (χ1v) is 11.7. The van der Waals surface area contributed by atoms with Gasteiger partial charge in [-0.2, -0.15) is 5.10 Å². The van der Waals surface area contributed by atoms with E-state index >= 15 is 0 Å². The lowest BCUT2D eigenvalue weighted by Gasteiger charge is -2.26. The maximum atomic E-state index is 12.7. The van der Waals surface area contributed by atoms with Gasteiger partial charge in [-0.3, -0.25) is 9.48 Å².